The number of hydrogen-bond acceptors (Lipinski definition) is 7. The second kappa shape index (κ2) is 7.30. The van der Waals surface area contributed by atoms with Gasteiger partial charge in [0.05, 0.1) is 17.5 Å². The second-order valence-corrected chi connectivity index (χ2v) is 7.20. The Morgan fingerprint density at radius 2 is 1.97 bits per heavy atom. The van der Waals surface area contributed by atoms with Crippen LogP contribution in [0.5, 0.6) is 0 Å². The summed E-state index contributed by atoms with van der Waals surface area (Å²) in [6.07, 6.45) is 0.292. The van der Waals surface area contributed by atoms with Gasteiger partial charge in [0.2, 0.25) is 5.52 Å². The van der Waals surface area contributed by atoms with Crippen LogP contribution >= 0.6 is 11.6 Å². The van der Waals surface area contributed by atoms with E-state index in [1.54, 1.807) is 25.1 Å². The van der Waals surface area contributed by atoms with Gasteiger partial charge in [-0.25, -0.2) is 14.7 Å². The lowest BCUT2D eigenvalue weighted by Gasteiger charge is -2.16. The number of anilines is 2. The minimum Gasteiger partial charge on any atom is -0.710 e. The topological polar surface area (TPSA) is 137 Å². The molecule has 0 aliphatic heterocycles. The predicted octanol–water partition coefficient (Wildman–Crippen LogP) is 1.26. The number of nitrogens with zero attached hydrogens (tertiary/aromatic N) is 5. The minimum absolute atomic E-state index is 0.0488. The summed E-state index contributed by atoms with van der Waals surface area (Å²) in [5.74, 6) is -1.20. The molecule has 0 aliphatic carbocycles. The maximum atomic E-state index is 12.8. The number of carboxylic acid groups (broad SMARTS) is 1. The Bertz CT molecular complexity index is 1310. The summed E-state index contributed by atoms with van der Waals surface area (Å²) >= 11 is 5.94. The number of nitrogens with one attached hydrogen (secondary N) is 1. The molecule has 0 spiro atoms. The highest BCUT2D eigenvalue weighted by Crippen LogP contribution is 2.24. The summed E-state index contributed by atoms with van der Waals surface area (Å²) < 4.78 is 2.55. The van der Waals surface area contributed by atoms with Gasteiger partial charge in [-0.05, 0) is 30.7 Å². The lowest BCUT2D eigenvalue weighted by atomic mass is 10.2. The van der Waals surface area contributed by atoms with Crippen LogP contribution in [0.25, 0.3) is 22.1 Å². The fraction of sp³-hybridized carbons (Fsp3) is 0.211. The van der Waals surface area contributed by atoms with Crippen molar-refractivity contribution in [3.05, 3.63) is 57.5 Å². The Balaban J connectivity index is 1.77. The van der Waals surface area contributed by atoms with E-state index < -0.39 is 12.0 Å². The van der Waals surface area contributed by atoms with Crippen LogP contribution in [0.1, 0.15) is 25.1 Å². The Labute approximate surface area is 175 Å². The number of carbonyl (C=O) groups is 1. The molecule has 2 aromatic heterocycles. The quantitative estimate of drug-likeness (QED) is 0.374. The first-order chi connectivity index (χ1) is 14.3. The van der Waals surface area contributed by atoms with Gasteiger partial charge in [-0.2, -0.15) is 4.73 Å². The van der Waals surface area contributed by atoms with Gasteiger partial charge in [0.25, 0.3) is 11.2 Å². The molecule has 11 heteroatoms. The van der Waals surface area contributed by atoms with Gasteiger partial charge in [0, 0.05) is 24.1 Å². The van der Waals surface area contributed by atoms with Gasteiger partial charge in [-0.1, -0.05) is 23.7 Å². The van der Waals surface area contributed by atoms with Gasteiger partial charge in [-0.3, -0.25) is 0 Å². The second-order valence-electron chi connectivity index (χ2n) is 6.76. The average Bonchev–Trinajstić information content (AvgIpc) is 3.13. The van der Waals surface area contributed by atoms with E-state index in [-0.39, 0.29) is 22.5 Å². The van der Waals surface area contributed by atoms with Crippen molar-refractivity contribution in [1.82, 2.24) is 15.0 Å². The first-order valence-electron chi connectivity index (χ1n) is 9.09. The van der Waals surface area contributed by atoms with Crippen molar-refractivity contribution < 1.29 is 19.4 Å². The van der Waals surface area contributed by atoms with Crippen LogP contribution in [-0.2, 0) is 4.79 Å². The molecule has 0 bridgehead atoms. The van der Waals surface area contributed by atoms with Crippen molar-refractivity contribution in [3.8, 4) is 0 Å². The normalized spacial score (nSPS) is 12.4. The summed E-state index contributed by atoms with van der Waals surface area (Å²) in [5, 5.41) is 48.0. The van der Waals surface area contributed by atoms with Crippen LogP contribution in [0, 0.1) is 17.3 Å². The Morgan fingerprint density at radius 3 is 2.67 bits per heavy atom. The van der Waals surface area contributed by atoms with E-state index in [2.05, 4.69) is 15.6 Å². The monoisotopic (exact) mass is 427 g/mol. The third kappa shape index (κ3) is 3.11. The van der Waals surface area contributed by atoms with Crippen molar-refractivity contribution >= 4 is 51.1 Å². The van der Waals surface area contributed by atoms with Crippen LogP contribution in [0.15, 0.2) is 36.4 Å². The van der Waals surface area contributed by atoms with Crippen LogP contribution in [-0.4, -0.2) is 21.0 Å². The number of fused-ring (bicyclic) bond motifs is 2. The zero-order chi connectivity index (χ0) is 21.6. The first kappa shape index (κ1) is 19.6. The number of aliphatic carboxylic acids is 1. The molecule has 2 aromatic carbocycles. The zero-order valence-electron chi connectivity index (χ0n) is 16.0. The molecule has 0 fully saturated rings. The smallest absolute Gasteiger partial charge is 0.352 e. The SMILES string of the molecule is CCC(C(=O)[O-])n1nnc2cc(Nc3c(C)[n+]([O-])c4cc(Cl)ccc4[n+]3[O-])ccc21. The van der Waals surface area contributed by atoms with Gasteiger partial charge in [-0.15, -0.1) is 5.10 Å². The molecular formula is C19H16ClN6O4-. The molecule has 1 unspecified atom stereocenters. The van der Waals surface area contributed by atoms with E-state index in [1.165, 1.54) is 29.8 Å². The van der Waals surface area contributed by atoms with E-state index in [9.17, 15) is 20.3 Å². The van der Waals surface area contributed by atoms with E-state index >= 15 is 0 Å². The Kier molecular flexibility index (Phi) is 4.78. The molecule has 4 aromatic rings. The van der Waals surface area contributed by atoms with Crippen LogP contribution in [0.3, 0.4) is 0 Å². The molecule has 1 atom stereocenters. The third-order valence-electron chi connectivity index (χ3n) is 4.91. The first-order valence-corrected chi connectivity index (χ1v) is 9.47. The fourth-order valence-electron chi connectivity index (χ4n) is 3.34. The highest BCUT2D eigenvalue weighted by atomic mass is 35.5. The molecule has 30 heavy (non-hydrogen) atoms. The largest absolute Gasteiger partial charge is 0.710 e. The molecule has 1 N–H and O–H groups in total. The zero-order valence-corrected chi connectivity index (χ0v) is 16.8. The number of rotatable bonds is 5. The standard InChI is InChI=1S/C19H17ClN6O4/c1-3-14(19(27)28)24-15-7-5-12(9-13(15)22-23-24)21-18-10(2)25(29)17-8-11(20)4-6-16(17)26(18)30/h4-9,14,21H,3H2,1-2H3,(H,27,28)/p-1. The molecule has 0 radical (unpaired) electrons. The summed E-state index contributed by atoms with van der Waals surface area (Å²) in [6.45, 7) is 3.23. The van der Waals surface area contributed by atoms with Gasteiger partial charge < -0.3 is 20.3 Å². The van der Waals surface area contributed by atoms with Gasteiger partial charge in [0.1, 0.15) is 11.2 Å². The third-order valence-corrected chi connectivity index (χ3v) is 5.15. The molecule has 154 valence electrons. The summed E-state index contributed by atoms with van der Waals surface area (Å²) in [6, 6.07) is 8.39. The van der Waals surface area contributed by atoms with Crippen molar-refractivity contribution in [1.29, 1.82) is 0 Å². The molecule has 4 rings (SSSR count). The minimum atomic E-state index is -1.24. The van der Waals surface area contributed by atoms with Crippen LogP contribution < -0.4 is 19.9 Å². The molecule has 10 nitrogen and oxygen atoms in total. The van der Waals surface area contributed by atoms with E-state index in [4.69, 9.17) is 11.6 Å². The van der Waals surface area contributed by atoms with E-state index in [0.29, 0.717) is 37.6 Å². The van der Waals surface area contributed by atoms with E-state index in [0.717, 1.165) is 0 Å². The highest BCUT2D eigenvalue weighted by molar-refractivity contribution is 6.31. The molecule has 0 saturated carbocycles. The van der Waals surface area contributed by atoms with Crippen molar-refractivity contribution in [3.63, 3.8) is 0 Å². The van der Waals surface area contributed by atoms with Crippen molar-refractivity contribution in [2.24, 2.45) is 0 Å². The number of aromatic nitrogens is 5. The summed E-state index contributed by atoms with van der Waals surface area (Å²) in [4.78, 5) is 11.3. The summed E-state index contributed by atoms with van der Waals surface area (Å²) in [7, 11) is 0. The lowest BCUT2D eigenvalue weighted by Crippen LogP contribution is -2.43. The predicted molar refractivity (Wildman–Crippen MR) is 107 cm³/mol. The molecule has 0 amide bonds. The van der Waals surface area contributed by atoms with Gasteiger partial charge in [0.15, 0.2) is 0 Å². The lowest BCUT2D eigenvalue weighted by molar-refractivity contribution is -0.623. The molecular weight excluding hydrogens is 412 g/mol. The maximum absolute atomic E-state index is 12.8. The summed E-state index contributed by atoms with van der Waals surface area (Å²) in [5.41, 5.74) is 1.90. The molecule has 0 aliphatic rings. The van der Waals surface area contributed by atoms with E-state index in [1.807, 2.05) is 0 Å². The number of halogens is 1. The highest BCUT2D eigenvalue weighted by Gasteiger charge is 2.24. The van der Waals surface area contributed by atoms with Gasteiger partial charge >= 0.3 is 5.82 Å². The average molecular weight is 428 g/mol. The van der Waals surface area contributed by atoms with Crippen molar-refractivity contribution in [2.75, 3.05) is 5.32 Å². The number of benzene rings is 2. The van der Waals surface area contributed by atoms with Crippen LogP contribution in [0.4, 0.5) is 11.5 Å². The number of carbonyl (C=O) groups excluding carboxylic acids is 1. The number of carboxylic acids is 1. The van der Waals surface area contributed by atoms with Crippen LogP contribution in [0.2, 0.25) is 5.02 Å². The Hall–Kier alpha value is -3.66. The molecule has 0 saturated heterocycles. The fourth-order valence-corrected chi connectivity index (χ4v) is 3.51. The Morgan fingerprint density at radius 1 is 1.20 bits per heavy atom. The number of hydrogen-bond donors (Lipinski definition) is 1. The molecule has 2 heterocycles. The van der Waals surface area contributed by atoms with Crippen molar-refractivity contribution in [2.45, 2.75) is 26.3 Å². The maximum Gasteiger partial charge on any atom is 0.352 e.